The average molecular weight is 322 g/mol. The van der Waals surface area contributed by atoms with Crippen LogP contribution in [0.1, 0.15) is 53.4 Å². The van der Waals surface area contributed by atoms with Gasteiger partial charge in [0.05, 0.1) is 0 Å². The Morgan fingerprint density at radius 3 is 2.00 bits per heavy atom. The standard InChI is InChI=1S/C20H39N3/c1-17(2)13-21-9-5-19(6-10-21)14-22-11-7-20(8-12-22)15-23(16-20)18(3)4/h17-19H,5-16H2,1-4H3. The largest absolute Gasteiger partial charge is 0.303 e. The van der Waals surface area contributed by atoms with Gasteiger partial charge in [-0.15, -0.1) is 0 Å². The normalized spacial score (nSPS) is 27.9. The summed E-state index contributed by atoms with van der Waals surface area (Å²) in [6, 6.07) is 0.745. The lowest BCUT2D eigenvalue weighted by Crippen LogP contribution is -2.62. The lowest BCUT2D eigenvalue weighted by Gasteiger charge is -2.56. The van der Waals surface area contributed by atoms with Crippen LogP contribution in [0.2, 0.25) is 0 Å². The highest BCUT2D eigenvalue weighted by atomic mass is 15.2. The molecule has 0 aliphatic carbocycles. The summed E-state index contributed by atoms with van der Waals surface area (Å²) >= 11 is 0. The zero-order valence-corrected chi connectivity index (χ0v) is 16.1. The summed E-state index contributed by atoms with van der Waals surface area (Å²) in [5.74, 6) is 1.78. The Bertz CT molecular complexity index is 355. The topological polar surface area (TPSA) is 9.72 Å². The molecule has 3 heteroatoms. The van der Waals surface area contributed by atoms with Crippen molar-refractivity contribution in [1.29, 1.82) is 0 Å². The molecule has 0 amide bonds. The first-order valence-corrected chi connectivity index (χ1v) is 10.1. The van der Waals surface area contributed by atoms with E-state index in [1.54, 1.807) is 0 Å². The summed E-state index contributed by atoms with van der Waals surface area (Å²) in [5.41, 5.74) is 0.696. The summed E-state index contributed by atoms with van der Waals surface area (Å²) in [4.78, 5) is 8.12. The highest BCUT2D eigenvalue weighted by Gasteiger charge is 2.45. The van der Waals surface area contributed by atoms with Gasteiger partial charge in [-0.25, -0.2) is 0 Å². The first kappa shape index (κ1) is 17.7. The van der Waals surface area contributed by atoms with Crippen LogP contribution < -0.4 is 0 Å². The van der Waals surface area contributed by atoms with Gasteiger partial charge in [0.2, 0.25) is 0 Å². The van der Waals surface area contributed by atoms with Gasteiger partial charge in [-0.2, -0.15) is 0 Å². The minimum atomic E-state index is 0.696. The fourth-order valence-corrected chi connectivity index (χ4v) is 4.94. The van der Waals surface area contributed by atoms with Gasteiger partial charge >= 0.3 is 0 Å². The van der Waals surface area contributed by atoms with Crippen molar-refractivity contribution in [3.05, 3.63) is 0 Å². The summed E-state index contributed by atoms with van der Waals surface area (Å²) < 4.78 is 0. The van der Waals surface area contributed by atoms with E-state index in [0.29, 0.717) is 5.41 Å². The molecular formula is C20H39N3. The number of hydrogen-bond acceptors (Lipinski definition) is 3. The van der Waals surface area contributed by atoms with E-state index in [4.69, 9.17) is 0 Å². The Kier molecular flexibility index (Phi) is 5.70. The number of nitrogens with zero attached hydrogens (tertiary/aromatic N) is 3. The molecule has 3 heterocycles. The Labute approximate surface area is 144 Å². The highest BCUT2D eigenvalue weighted by molar-refractivity contribution is 4.99. The maximum absolute atomic E-state index is 2.78. The highest BCUT2D eigenvalue weighted by Crippen LogP contribution is 2.41. The van der Waals surface area contributed by atoms with Gasteiger partial charge < -0.3 is 9.80 Å². The van der Waals surface area contributed by atoms with Gasteiger partial charge in [0.25, 0.3) is 0 Å². The predicted octanol–water partition coefficient (Wildman–Crippen LogP) is 3.16. The van der Waals surface area contributed by atoms with Crippen LogP contribution in [-0.4, -0.2) is 73.1 Å². The lowest BCUT2D eigenvalue weighted by molar-refractivity contribution is -0.0647. The minimum Gasteiger partial charge on any atom is -0.303 e. The third kappa shape index (κ3) is 4.49. The molecule has 0 aromatic carbocycles. The van der Waals surface area contributed by atoms with E-state index in [0.717, 1.165) is 17.9 Å². The fraction of sp³-hybridized carbons (Fsp3) is 1.00. The first-order valence-electron chi connectivity index (χ1n) is 10.1. The Balaban J connectivity index is 1.34. The van der Waals surface area contributed by atoms with Crippen molar-refractivity contribution in [1.82, 2.24) is 14.7 Å². The van der Waals surface area contributed by atoms with Crippen molar-refractivity contribution in [3.63, 3.8) is 0 Å². The van der Waals surface area contributed by atoms with Gasteiger partial charge in [-0.1, -0.05) is 13.8 Å². The zero-order valence-electron chi connectivity index (χ0n) is 16.1. The van der Waals surface area contributed by atoms with Gasteiger partial charge in [-0.05, 0) is 83.0 Å². The molecule has 0 unspecified atom stereocenters. The third-order valence-corrected chi connectivity index (χ3v) is 6.57. The van der Waals surface area contributed by atoms with Crippen molar-refractivity contribution in [2.45, 2.75) is 59.4 Å². The predicted molar refractivity (Wildman–Crippen MR) is 98.8 cm³/mol. The summed E-state index contributed by atoms with van der Waals surface area (Å²) in [6.07, 6.45) is 5.75. The van der Waals surface area contributed by atoms with Crippen molar-refractivity contribution < 1.29 is 0 Å². The molecule has 3 rings (SSSR count). The van der Waals surface area contributed by atoms with Gasteiger partial charge in [-0.3, -0.25) is 4.90 Å². The van der Waals surface area contributed by atoms with Crippen LogP contribution in [-0.2, 0) is 0 Å². The van der Waals surface area contributed by atoms with E-state index in [1.165, 1.54) is 78.0 Å². The molecular weight excluding hydrogens is 282 g/mol. The molecule has 3 fully saturated rings. The molecule has 0 aromatic rings. The monoisotopic (exact) mass is 321 g/mol. The fourth-order valence-electron chi connectivity index (χ4n) is 4.94. The molecule has 3 aliphatic rings. The van der Waals surface area contributed by atoms with Crippen molar-refractivity contribution in [2.75, 3.05) is 52.4 Å². The summed E-state index contributed by atoms with van der Waals surface area (Å²) in [7, 11) is 0. The number of likely N-dealkylation sites (tertiary alicyclic amines) is 3. The summed E-state index contributed by atoms with van der Waals surface area (Å²) in [5, 5.41) is 0. The maximum atomic E-state index is 2.78. The van der Waals surface area contributed by atoms with E-state index in [9.17, 15) is 0 Å². The lowest BCUT2D eigenvalue weighted by atomic mass is 9.71. The minimum absolute atomic E-state index is 0.696. The number of piperidine rings is 2. The van der Waals surface area contributed by atoms with Crippen LogP contribution in [0, 0.1) is 17.3 Å². The molecule has 3 aliphatic heterocycles. The molecule has 0 atom stereocenters. The van der Waals surface area contributed by atoms with Gasteiger partial charge in [0, 0.05) is 32.2 Å². The van der Waals surface area contributed by atoms with Crippen LogP contribution in [0.25, 0.3) is 0 Å². The molecule has 134 valence electrons. The maximum Gasteiger partial charge on any atom is 0.00541 e. The van der Waals surface area contributed by atoms with Crippen LogP contribution in [0.5, 0.6) is 0 Å². The molecule has 0 bridgehead atoms. The second-order valence-electron chi connectivity index (χ2n) is 9.44. The first-order chi connectivity index (χ1) is 11.0. The molecule has 0 aromatic heterocycles. The Morgan fingerprint density at radius 1 is 0.870 bits per heavy atom. The van der Waals surface area contributed by atoms with Crippen LogP contribution in [0.4, 0.5) is 0 Å². The average Bonchev–Trinajstić information content (AvgIpc) is 2.47. The molecule has 3 nitrogen and oxygen atoms in total. The SMILES string of the molecule is CC(C)CN1CCC(CN2CCC3(CC2)CN(C(C)C)C3)CC1. The molecule has 0 saturated carbocycles. The molecule has 0 N–H and O–H groups in total. The molecule has 0 radical (unpaired) electrons. The molecule has 3 saturated heterocycles. The van der Waals surface area contributed by atoms with Crippen LogP contribution in [0.3, 0.4) is 0 Å². The van der Waals surface area contributed by atoms with Crippen molar-refractivity contribution >= 4 is 0 Å². The second kappa shape index (κ2) is 7.41. The van der Waals surface area contributed by atoms with Crippen molar-refractivity contribution in [3.8, 4) is 0 Å². The quantitative estimate of drug-likeness (QED) is 0.770. The Morgan fingerprint density at radius 2 is 1.48 bits per heavy atom. The van der Waals surface area contributed by atoms with Crippen LogP contribution in [0.15, 0.2) is 0 Å². The van der Waals surface area contributed by atoms with Gasteiger partial charge in [0.1, 0.15) is 0 Å². The van der Waals surface area contributed by atoms with Crippen LogP contribution >= 0.6 is 0 Å². The third-order valence-electron chi connectivity index (χ3n) is 6.57. The Hall–Kier alpha value is -0.120. The van der Waals surface area contributed by atoms with Crippen molar-refractivity contribution in [2.24, 2.45) is 17.3 Å². The van der Waals surface area contributed by atoms with E-state index < -0.39 is 0 Å². The molecule has 23 heavy (non-hydrogen) atoms. The second-order valence-corrected chi connectivity index (χ2v) is 9.44. The summed E-state index contributed by atoms with van der Waals surface area (Å²) in [6.45, 7) is 20.2. The van der Waals surface area contributed by atoms with E-state index in [-0.39, 0.29) is 0 Å². The van der Waals surface area contributed by atoms with E-state index >= 15 is 0 Å². The number of hydrogen-bond donors (Lipinski definition) is 0. The molecule has 1 spiro atoms. The smallest absolute Gasteiger partial charge is 0.00541 e. The van der Waals surface area contributed by atoms with Gasteiger partial charge in [0.15, 0.2) is 0 Å². The number of rotatable bonds is 5. The van der Waals surface area contributed by atoms with E-state index in [1.807, 2.05) is 0 Å². The van der Waals surface area contributed by atoms with E-state index in [2.05, 4.69) is 42.4 Å². The zero-order chi connectivity index (χ0) is 16.4.